The van der Waals surface area contributed by atoms with Gasteiger partial charge in [0.25, 0.3) is 0 Å². The van der Waals surface area contributed by atoms with Crippen molar-refractivity contribution in [3.63, 3.8) is 0 Å². The minimum absolute atomic E-state index is 0.121. The number of aliphatic hydroxyl groups excluding tert-OH is 2. The Morgan fingerprint density at radius 1 is 1.29 bits per heavy atom. The smallest absolute Gasteiger partial charge is 0.158 e. The van der Waals surface area contributed by atoms with Crippen molar-refractivity contribution in [2.45, 2.75) is 18.3 Å². The first-order valence-electron chi connectivity index (χ1n) is 5.28. The molecule has 0 heterocycles. The second kappa shape index (κ2) is 5.48. The molecule has 0 saturated heterocycles. The van der Waals surface area contributed by atoms with Crippen molar-refractivity contribution in [3.8, 4) is 0 Å². The summed E-state index contributed by atoms with van der Waals surface area (Å²) in [5.74, 6) is -0.121. The fourth-order valence-corrected chi connectivity index (χ4v) is 2.74. The molecule has 0 aromatic heterocycles. The lowest BCUT2D eigenvalue weighted by molar-refractivity contribution is 0.138. The predicted molar refractivity (Wildman–Crippen MR) is 66.1 cm³/mol. The molecule has 0 bridgehead atoms. The molecule has 0 radical (unpaired) electrons. The van der Waals surface area contributed by atoms with Crippen LogP contribution in [0.4, 0.5) is 5.69 Å². The van der Waals surface area contributed by atoms with Gasteiger partial charge in [0.15, 0.2) is 9.84 Å². The molecule has 0 amide bonds. The van der Waals surface area contributed by atoms with Crippen molar-refractivity contribution in [2.24, 2.45) is 0 Å². The summed E-state index contributed by atoms with van der Waals surface area (Å²) in [5, 5.41) is 17.9. The molecule has 0 unspecified atom stereocenters. The Morgan fingerprint density at radius 3 is 2.24 bits per heavy atom. The summed E-state index contributed by atoms with van der Waals surface area (Å²) in [7, 11) is -3.50. The highest BCUT2D eigenvalue weighted by atomic mass is 32.2. The number of hydrogen-bond donors (Lipinski definition) is 3. The van der Waals surface area contributed by atoms with Crippen molar-refractivity contribution in [1.82, 2.24) is 0 Å². The van der Waals surface area contributed by atoms with E-state index in [2.05, 4.69) is 0 Å². The van der Waals surface area contributed by atoms with Gasteiger partial charge in [0, 0.05) is 11.4 Å². The van der Waals surface area contributed by atoms with Gasteiger partial charge in [0.05, 0.1) is 12.7 Å². The molecule has 0 saturated carbocycles. The monoisotopic (exact) mass is 259 g/mol. The third-order valence-electron chi connectivity index (χ3n) is 2.67. The average Bonchev–Trinajstić information content (AvgIpc) is 2.30. The summed E-state index contributed by atoms with van der Waals surface area (Å²) in [6, 6.07) is 6.25. The van der Waals surface area contributed by atoms with Gasteiger partial charge in [-0.2, -0.15) is 0 Å². The third-order valence-corrected chi connectivity index (χ3v) is 4.81. The Hall–Kier alpha value is -1.11. The van der Waals surface area contributed by atoms with Gasteiger partial charge in [-0.25, -0.2) is 8.42 Å². The van der Waals surface area contributed by atoms with E-state index in [1.165, 1.54) is 6.92 Å². The van der Waals surface area contributed by atoms with Gasteiger partial charge in [-0.15, -0.1) is 0 Å². The third kappa shape index (κ3) is 3.18. The maximum Gasteiger partial charge on any atom is 0.158 e. The molecule has 0 aliphatic carbocycles. The fourth-order valence-electron chi connectivity index (χ4n) is 1.53. The van der Waals surface area contributed by atoms with Crippen LogP contribution in [0.25, 0.3) is 0 Å². The zero-order chi connectivity index (χ0) is 13.1. The van der Waals surface area contributed by atoms with Crippen LogP contribution < -0.4 is 5.73 Å². The van der Waals surface area contributed by atoms with Crippen molar-refractivity contribution in [2.75, 3.05) is 18.1 Å². The Labute approximate surface area is 101 Å². The molecule has 1 rings (SSSR count). The van der Waals surface area contributed by atoms with Crippen molar-refractivity contribution >= 4 is 15.5 Å². The molecule has 1 aromatic rings. The van der Waals surface area contributed by atoms with E-state index in [0.717, 1.165) is 0 Å². The Balaban J connectivity index is 3.02. The summed E-state index contributed by atoms with van der Waals surface area (Å²) in [5.41, 5.74) is 6.45. The number of rotatable bonds is 5. The number of benzene rings is 1. The molecule has 4 N–H and O–H groups in total. The van der Waals surface area contributed by atoms with Gasteiger partial charge in [0.2, 0.25) is 0 Å². The lowest BCUT2D eigenvalue weighted by Crippen LogP contribution is -2.33. The van der Waals surface area contributed by atoms with Crippen LogP contribution in [0, 0.1) is 0 Å². The summed E-state index contributed by atoms with van der Waals surface area (Å²) in [6.07, 6.45) is -1.24. The fraction of sp³-hybridized carbons (Fsp3) is 0.455. The molecule has 5 nitrogen and oxygen atoms in total. The van der Waals surface area contributed by atoms with Gasteiger partial charge >= 0.3 is 0 Å². The maximum absolute atomic E-state index is 11.7. The van der Waals surface area contributed by atoms with Gasteiger partial charge < -0.3 is 15.9 Å². The first kappa shape index (κ1) is 14.0. The van der Waals surface area contributed by atoms with E-state index in [1.807, 2.05) is 0 Å². The minimum Gasteiger partial charge on any atom is -0.399 e. The first-order chi connectivity index (χ1) is 7.92. The molecule has 0 spiro atoms. The van der Waals surface area contributed by atoms with Crippen molar-refractivity contribution in [1.29, 1.82) is 0 Å². The molecule has 6 heteroatoms. The Bertz CT molecular complexity index is 455. The molecule has 0 fully saturated rings. The summed E-state index contributed by atoms with van der Waals surface area (Å²) >= 11 is 0. The number of nitrogens with two attached hydrogens (primary N) is 1. The van der Waals surface area contributed by atoms with E-state index in [4.69, 9.17) is 10.8 Å². The van der Waals surface area contributed by atoms with Gasteiger partial charge in [-0.1, -0.05) is 19.1 Å². The quantitative estimate of drug-likeness (QED) is 0.651. The number of hydrogen-bond acceptors (Lipinski definition) is 5. The van der Waals surface area contributed by atoms with E-state index in [9.17, 15) is 13.5 Å². The van der Waals surface area contributed by atoms with E-state index in [0.29, 0.717) is 11.3 Å². The van der Waals surface area contributed by atoms with Crippen molar-refractivity contribution in [3.05, 3.63) is 29.8 Å². The lowest BCUT2D eigenvalue weighted by Gasteiger charge is -2.20. The van der Waals surface area contributed by atoms with Crippen LogP contribution in [0.3, 0.4) is 0 Å². The molecule has 0 aliphatic heterocycles. The lowest BCUT2D eigenvalue weighted by atomic mass is 10.1. The summed E-state index contributed by atoms with van der Waals surface area (Å²) in [6.45, 7) is 0.870. The SMILES string of the molecule is CCS(=O)(=O)[C@H](CO)[C@H](O)c1ccc(N)cc1. The number of nitrogen functional groups attached to an aromatic ring is 1. The largest absolute Gasteiger partial charge is 0.399 e. The molecule has 1 aromatic carbocycles. The van der Waals surface area contributed by atoms with E-state index in [1.54, 1.807) is 24.3 Å². The van der Waals surface area contributed by atoms with Gasteiger partial charge in [-0.3, -0.25) is 0 Å². The van der Waals surface area contributed by atoms with Crippen LogP contribution in [0.15, 0.2) is 24.3 Å². The highest BCUT2D eigenvalue weighted by Gasteiger charge is 2.31. The minimum atomic E-state index is -3.50. The maximum atomic E-state index is 11.7. The van der Waals surface area contributed by atoms with Gasteiger partial charge in [0.1, 0.15) is 5.25 Å². The van der Waals surface area contributed by atoms with Crippen LogP contribution in [-0.2, 0) is 9.84 Å². The number of anilines is 1. The van der Waals surface area contributed by atoms with Gasteiger partial charge in [-0.05, 0) is 17.7 Å². The molecule has 2 atom stereocenters. The standard InChI is InChI=1S/C11H17NO4S/c1-2-17(15,16)10(7-13)11(14)8-3-5-9(12)6-4-8/h3-6,10-11,13-14H,2,7,12H2,1H3/t10-,11-/m1/s1. The summed E-state index contributed by atoms with van der Waals surface area (Å²) < 4.78 is 23.3. The molecule has 96 valence electrons. The number of aliphatic hydroxyl groups is 2. The predicted octanol–water partition coefficient (Wildman–Crippen LogP) is 0.0978. The zero-order valence-electron chi connectivity index (χ0n) is 9.57. The van der Waals surface area contributed by atoms with E-state index in [-0.39, 0.29) is 5.75 Å². The molecular formula is C11H17NO4S. The van der Waals surface area contributed by atoms with Crippen LogP contribution in [0.2, 0.25) is 0 Å². The second-order valence-electron chi connectivity index (χ2n) is 3.78. The normalized spacial score (nSPS) is 15.5. The average molecular weight is 259 g/mol. The first-order valence-corrected chi connectivity index (χ1v) is 6.99. The van der Waals surface area contributed by atoms with Crippen LogP contribution in [0.5, 0.6) is 0 Å². The highest BCUT2D eigenvalue weighted by Crippen LogP contribution is 2.23. The molecule has 0 aliphatic rings. The summed E-state index contributed by atoms with van der Waals surface area (Å²) in [4.78, 5) is 0. The Kier molecular flexibility index (Phi) is 4.50. The van der Waals surface area contributed by atoms with Crippen LogP contribution in [0.1, 0.15) is 18.6 Å². The molecule has 17 heavy (non-hydrogen) atoms. The number of sulfone groups is 1. The second-order valence-corrected chi connectivity index (χ2v) is 6.29. The van der Waals surface area contributed by atoms with Crippen LogP contribution >= 0.6 is 0 Å². The Morgan fingerprint density at radius 2 is 1.82 bits per heavy atom. The van der Waals surface area contributed by atoms with E-state index < -0.39 is 27.8 Å². The highest BCUT2D eigenvalue weighted by molar-refractivity contribution is 7.92. The zero-order valence-corrected chi connectivity index (χ0v) is 10.4. The topological polar surface area (TPSA) is 101 Å². The van der Waals surface area contributed by atoms with Crippen molar-refractivity contribution < 1.29 is 18.6 Å². The molecular weight excluding hydrogens is 242 g/mol. The van der Waals surface area contributed by atoms with Crippen LogP contribution in [-0.4, -0.2) is 36.2 Å². The van der Waals surface area contributed by atoms with E-state index >= 15 is 0 Å².